The van der Waals surface area contributed by atoms with Crippen LogP contribution in [0.2, 0.25) is 0 Å². The first-order chi connectivity index (χ1) is 8.37. The maximum absolute atomic E-state index is 6.15. The highest BCUT2D eigenvalue weighted by molar-refractivity contribution is 5.25. The summed E-state index contributed by atoms with van der Waals surface area (Å²) in [6.45, 7) is 6.57. The van der Waals surface area contributed by atoms with Crippen molar-refractivity contribution >= 4 is 0 Å². The molecule has 0 saturated heterocycles. The van der Waals surface area contributed by atoms with Crippen LogP contribution in [0.5, 0.6) is 11.8 Å². The topological polar surface area (TPSA) is 70.3 Å². The molecule has 0 aliphatic rings. The minimum Gasteiger partial charge on any atom is -0.480 e. The van der Waals surface area contributed by atoms with Gasteiger partial charge in [0.1, 0.15) is 5.69 Å². The lowest BCUT2D eigenvalue weighted by atomic mass is 9.88. The molecule has 0 fully saturated rings. The molecule has 1 atom stereocenters. The summed E-state index contributed by atoms with van der Waals surface area (Å²) in [6.07, 6.45) is 3.43. The molecule has 18 heavy (non-hydrogen) atoms. The van der Waals surface area contributed by atoms with E-state index < -0.39 is 0 Å². The Morgan fingerprint density at radius 1 is 1.28 bits per heavy atom. The Kier molecular flexibility index (Phi) is 4.90. The molecule has 102 valence electrons. The van der Waals surface area contributed by atoms with Gasteiger partial charge >= 0.3 is 0 Å². The molecule has 0 aliphatic carbocycles. The van der Waals surface area contributed by atoms with Crippen molar-refractivity contribution in [3.8, 4) is 11.8 Å². The van der Waals surface area contributed by atoms with Crippen LogP contribution < -0.4 is 15.2 Å². The monoisotopic (exact) mass is 253 g/mol. The summed E-state index contributed by atoms with van der Waals surface area (Å²) in [6, 6.07) is -0.169. The van der Waals surface area contributed by atoms with Gasteiger partial charge in [-0.25, -0.2) is 4.98 Å². The van der Waals surface area contributed by atoms with Gasteiger partial charge in [0.05, 0.1) is 26.5 Å². The third kappa shape index (κ3) is 4.14. The molecule has 1 heterocycles. The number of rotatable bonds is 5. The molecule has 1 unspecified atom stereocenters. The normalized spacial score (nSPS) is 13.2. The Bertz CT molecular complexity index is 388. The van der Waals surface area contributed by atoms with E-state index in [1.54, 1.807) is 20.4 Å². The molecule has 5 nitrogen and oxygen atoms in total. The first kappa shape index (κ1) is 14.7. The van der Waals surface area contributed by atoms with Gasteiger partial charge < -0.3 is 15.2 Å². The van der Waals surface area contributed by atoms with Gasteiger partial charge in [0.15, 0.2) is 0 Å². The molecule has 0 radical (unpaired) electrons. The van der Waals surface area contributed by atoms with E-state index in [9.17, 15) is 0 Å². The van der Waals surface area contributed by atoms with Crippen LogP contribution in [-0.4, -0.2) is 24.2 Å². The lowest BCUT2D eigenvalue weighted by Gasteiger charge is -2.21. The summed E-state index contributed by atoms with van der Waals surface area (Å²) in [5, 5.41) is 0. The zero-order chi connectivity index (χ0) is 13.8. The van der Waals surface area contributed by atoms with E-state index in [2.05, 4.69) is 30.7 Å². The van der Waals surface area contributed by atoms with E-state index in [1.165, 1.54) is 0 Å². The largest absolute Gasteiger partial charge is 0.480 e. The molecule has 0 aliphatic heterocycles. The standard InChI is InChI=1S/C13H23N3O2/c1-13(2,3)7-6-9(14)11-12(18-5)16-10(17-4)8-15-11/h8-9H,6-7,14H2,1-5H3. The molecule has 1 aromatic rings. The maximum Gasteiger partial charge on any atom is 0.240 e. The van der Waals surface area contributed by atoms with Crippen LogP contribution in [0.15, 0.2) is 6.20 Å². The number of aromatic nitrogens is 2. The van der Waals surface area contributed by atoms with Crippen LogP contribution >= 0.6 is 0 Å². The van der Waals surface area contributed by atoms with Crippen LogP contribution in [-0.2, 0) is 0 Å². The van der Waals surface area contributed by atoms with Crippen LogP contribution in [0.25, 0.3) is 0 Å². The second-order valence-corrected chi connectivity index (χ2v) is 5.51. The van der Waals surface area contributed by atoms with Gasteiger partial charge in [-0.2, -0.15) is 4.98 Å². The summed E-state index contributed by atoms with van der Waals surface area (Å²) in [5.41, 5.74) is 7.08. The van der Waals surface area contributed by atoms with Crippen LogP contribution in [0.4, 0.5) is 0 Å². The number of hydrogen-bond donors (Lipinski definition) is 1. The predicted octanol–water partition coefficient (Wildman–Crippen LogP) is 2.32. The van der Waals surface area contributed by atoms with Gasteiger partial charge in [-0.3, -0.25) is 0 Å². The van der Waals surface area contributed by atoms with Crippen LogP contribution in [0.3, 0.4) is 0 Å². The number of nitrogens with zero attached hydrogens (tertiary/aromatic N) is 2. The lowest BCUT2D eigenvalue weighted by Crippen LogP contribution is -2.17. The quantitative estimate of drug-likeness (QED) is 0.872. The van der Waals surface area contributed by atoms with Crippen molar-refractivity contribution in [1.82, 2.24) is 9.97 Å². The van der Waals surface area contributed by atoms with Crippen molar-refractivity contribution in [2.75, 3.05) is 14.2 Å². The van der Waals surface area contributed by atoms with Gasteiger partial charge in [0.2, 0.25) is 11.8 Å². The molecule has 0 aromatic carbocycles. The summed E-state index contributed by atoms with van der Waals surface area (Å²) in [4.78, 5) is 8.47. The van der Waals surface area contributed by atoms with Crippen molar-refractivity contribution in [1.29, 1.82) is 0 Å². The number of methoxy groups -OCH3 is 2. The van der Waals surface area contributed by atoms with Gasteiger partial charge in [-0.1, -0.05) is 20.8 Å². The van der Waals surface area contributed by atoms with E-state index in [4.69, 9.17) is 15.2 Å². The fourth-order valence-electron chi connectivity index (χ4n) is 1.59. The van der Waals surface area contributed by atoms with Crippen molar-refractivity contribution in [2.24, 2.45) is 11.1 Å². The van der Waals surface area contributed by atoms with Crippen molar-refractivity contribution in [3.05, 3.63) is 11.9 Å². The Morgan fingerprint density at radius 2 is 1.94 bits per heavy atom. The van der Waals surface area contributed by atoms with E-state index in [1.807, 2.05) is 0 Å². The summed E-state index contributed by atoms with van der Waals surface area (Å²) >= 11 is 0. The Labute approximate surface area is 109 Å². The molecule has 1 aromatic heterocycles. The highest BCUT2D eigenvalue weighted by Gasteiger charge is 2.19. The minimum atomic E-state index is -0.169. The first-order valence-corrected chi connectivity index (χ1v) is 6.08. The minimum absolute atomic E-state index is 0.169. The molecule has 0 spiro atoms. The SMILES string of the molecule is COc1cnc(C(N)CCC(C)(C)C)c(OC)n1. The van der Waals surface area contributed by atoms with Crippen molar-refractivity contribution < 1.29 is 9.47 Å². The zero-order valence-corrected chi connectivity index (χ0v) is 11.9. The Morgan fingerprint density at radius 3 is 2.44 bits per heavy atom. The molecular weight excluding hydrogens is 230 g/mol. The number of hydrogen-bond acceptors (Lipinski definition) is 5. The van der Waals surface area contributed by atoms with E-state index in [-0.39, 0.29) is 11.5 Å². The summed E-state index contributed by atoms with van der Waals surface area (Å²) < 4.78 is 10.2. The highest BCUT2D eigenvalue weighted by atomic mass is 16.5. The highest BCUT2D eigenvalue weighted by Crippen LogP contribution is 2.29. The molecule has 0 saturated carbocycles. The van der Waals surface area contributed by atoms with E-state index in [0.29, 0.717) is 17.5 Å². The number of nitrogens with two attached hydrogens (primary N) is 1. The molecule has 0 amide bonds. The smallest absolute Gasteiger partial charge is 0.240 e. The Hall–Kier alpha value is -1.36. The zero-order valence-electron chi connectivity index (χ0n) is 11.9. The second-order valence-electron chi connectivity index (χ2n) is 5.51. The molecule has 5 heteroatoms. The van der Waals surface area contributed by atoms with Gasteiger partial charge in [-0.15, -0.1) is 0 Å². The summed E-state index contributed by atoms with van der Waals surface area (Å²) in [5.74, 6) is 0.870. The van der Waals surface area contributed by atoms with Gasteiger partial charge in [0, 0.05) is 0 Å². The molecule has 2 N–H and O–H groups in total. The molecule has 1 rings (SSSR count). The summed E-state index contributed by atoms with van der Waals surface area (Å²) in [7, 11) is 3.10. The predicted molar refractivity (Wildman–Crippen MR) is 70.8 cm³/mol. The fourth-order valence-corrected chi connectivity index (χ4v) is 1.59. The van der Waals surface area contributed by atoms with Crippen LogP contribution in [0.1, 0.15) is 45.3 Å². The second kappa shape index (κ2) is 6.00. The average molecular weight is 253 g/mol. The van der Waals surface area contributed by atoms with E-state index in [0.717, 1.165) is 12.8 Å². The van der Waals surface area contributed by atoms with E-state index >= 15 is 0 Å². The molecular formula is C13H23N3O2. The fraction of sp³-hybridized carbons (Fsp3) is 0.692. The Balaban J connectivity index is 2.81. The lowest BCUT2D eigenvalue weighted by molar-refractivity contribution is 0.332. The average Bonchev–Trinajstić information content (AvgIpc) is 2.34. The first-order valence-electron chi connectivity index (χ1n) is 6.08. The van der Waals surface area contributed by atoms with Crippen molar-refractivity contribution in [3.63, 3.8) is 0 Å². The molecule has 0 bridgehead atoms. The third-order valence-corrected chi connectivity index (χ3v) is 2.70. The van der Waals surface area contributed by atoms with Crippen LogP contribution in [0, 0.1) is 5.41 Å². The van der Waals surface area contributed by atoms with Gasteiger partial charge in [0.25, 0.3) is 0 Å². The van der Waals surface area contributed by atoms with Gasteiger partial charge in [-0.05, 0) is 18.3 Å². The number of ether oxygens (including phenoxy) is 2. The third-order valence-electron chi connectivity index (χ3n) is 2.70. The van der Waals surface area contributed by atoms with Crippen molar-refractivity contribution in [2.45, 2.75) is 39.7 Å². The maximum atomic E-state index is 6.15.